The number of carbonyl (C=O) groups excluding carboxylic acids is 1. The number of nitrogens with zero attached hydrogens (tertiary/aromatic N) is 2. The van der Waals surface area contributed by atoms with Gasteiger partial charge in [-0.3, -0.25) is 14.6 Å². The van der Waals surface area contributed by atoms with Crippen molar-refractivity contribution in [1.82, 2.24) is 15.1 Å². The summed E-state index contributed by atoms with van der Waals surface area (Å²) < 4.78 is 18.9. The number of methoxy groups -OCH3 is 1. The third-order valence-corrected chi connectivity index (χ3v) is 5.44. The second-order valence-electron chi connectivity index (χ2n) is 7.62. The molecule has 1 atom stereocenters. The number of benzene rings is 2. The van der Waals surface area contributed by atoms with Gasteiger partial charge in [-0.1, -0.05) is 37.3 Å². The van der Waals surface area contributed by atoms with Gasteiger partial charge in [-0.25, -0.2) is 4.39 Å². The van der Waals surface area contributed by atoms with E-state index < -0.39 is 0 Å². The van der Waals surface area contributed by atoms with E-state index in [-0.39, 0.29) is 11.7 Å². The molecule has 1 heterocycles. The van der Waals surface area contributed by atoms with Crippen molar-refractivity contribution >= 4 is 5.91 Å². The smallest absolute Gasteiger partial charge is 0.234 e. The number of amides is 1. The molecule has 3 rings (SSSR count). The summed E-state index contributed by atoms with van der Waals surface area (Å²) in [5.74, 6) is 0.813. The molecule has 1 N–H and O–H groups in total. The molecule has 1 aliphatic heterocycles. The van der Waals surface area contributed by atoms with Gasteiger partial charge in [0, 0.05) is 44.8 Å². The minimum absolute atomic E-state index is 0.0630. The van der Waals surface area contributed by atoms with Crippen molar-refractivity contribution in [1.29, 1.82) is 0 Å². The van der Waals surface area contributed by atoms with Crippen molar-refractivity contribution < 1.29 is 13.9 Å². The first-order valence-electron chi connectivity index (χ1n) is 10.1. The lowest BCUT2D eigenvalue weighted by Crippen LogP contribution is -2.49. The molecule has 2 aromatic rings. The molecule has 156 valence electrons. The lowest BCUT2D eigenvalue weighted by atomic mass is 10.0. The van der Waals surface area contributed by atoms with E-state index in [4.69, 9.17) is 4.74 Å². The fraction of sp³-hybridized carbons (Fsp3) is 0.435. The zero-order valence-corrected chi connectivity index (χ0v) is 17.2. The SMILES string of the molecule is COc1ccc(F)cc1CN1CCN(CC(=O)NC[C@H](C)c2ccccc2)CC1. The topological polar surface area (TPSA) is 44.8 Å². The largest absolute Gasteiger partial charge is 0.496 e. The van der Waals surface area contributed by atoms with Crippen LogP contribution in [0.25, 0.3) is 0 Å². The number of piperazine rings is 1. The average Bonchev–Trinajstić information content (AvgIpc) is 2.74. The van der Waals surface area contributed by atoms with Crippen LogP contribution in [0.1, 0.15) is 24.0 Å². The number of carbonyl (C=O) groups is 1. The molecule has 0 radical (unpaired) electrons. The van der Waals surface area contributed by atoms with Gasteiger partial charge >= 0.3 is 0 Å². The first kappa shape index (κ1) is 21.3. The van der Waals surface area contributed by atoms with Gasteiger partial charge in [0.05, 0.1) is 13.7 Å². The number of ether oxygens (including phenoxy) is 1. The van der Waals surface area contributed by atoms with Gasteiger partial charge in [0.2, 0.25) is 5.91 Å². The minimum Gasteiger partial charge on any atom is -0.496 e. The van der Waals surface area contributed by atoms with E-state index in [1.807, 2.05) is 18.2 Å². The van der Waals surface area contributed by atoms with E-state index in [0.29, 0.717) is 31.3 Å². The maximum atomic E-state index is 13.6. The number of hydrogen-bond acceptors (Lipinski definition) is 4. The van der Waals surface area contributed by atoms with Crippen LogP contribution >= 0.6 is 0 Å². The average molecular weight is 400 g/mol. The summed E-state index contributed by atoms with van der Waals surface area (Å²) in [5.41, 5.74) is 2.09. The second-order valence-corrected chi connectivity index (χ2v) is 7.62. The van der Waals surface area contributed by atoms with Crippen LogP contribution in [0, 0.1) is 5.82 Å². The summed E-state index contributed by atoms with van der Waals surface area (Å²) in [6.45, 7) is 7.14. The molecule has 5 nitrogen and oxygen atoms in total. The van der Waals surface area contributed by atoms with E-state index in [9.17, 15) is 9.18 Å². The zero-order chi connectivity index (χ0) is 20.6. The molecule has 2 aromatic carbocycles. The highest BCUT2D eigenvalue weighted by Gasteiger charge is 2.20. The molecule has 1 amide bonds. The third kappa shape index (κ3) is 6.27. The molecular formula is C23H30FN3O2. The Bertz CT molecular complexity index is 792. The first-order valence-corrected chi connectivity index (χ1v) is 10.1. The Labute approximate surface area is 172 Å². The third-order valence-electron chi connectivity index (χ3n) is 5.44. The zero-order valence-electron chi connectivity index (χ0n) is 17.2. The van der Waals surface area contributed by atoms with Crippen molar-refractivity contribution in [3.05, 3.63) is 65.5 Å². The summed E-state index contributed by atoms with van der Waals surface area (Å²) in [5, 5.41) is 3.05. The lowest BCUT2D eigenvalue weighted by molar-refractivity contribution is -0.122. The summed E-state index contributed by atoms with van der Waals surface area (Å²) >= 11 is 0. The molecule has 29 heavy (non-hydrogen) atoms. The summed E-state index contributed by atoms with van der Waals surface area (Å²) in [6, 6.07) is 14.8. The maximum absolute atomic E-state index is 13.6. The number of hydrogen-bond donors (Lipinski definition) is 1. The monoisotopic (exact) mass is 399 g/mol. The van der Waals surface area contributed by atoms with Crippen molar-refractivity contribution in [3.8, 4) is 5.75 Å². The Hall–Kier alpha value is -2.44. The van der Waals surface area contributed by atoms with E-state index in [0.717, 1.165) is 31.7 Å². The Kier molecular flexibility index (Phi) is 7.61. The van der Waals surface area contributed by atoms with Crippen LogP contribution in [-0.4, -0.2) is 62.1 Å². The normalized spacial score (nSPS) is 16.4. The molecule has 0 aromatic heterocycles. The molecule has 0 spiro atoms. The molecule has 1 saturated heterocycles. The van der Waals surface area contributed by atoms with Crippen LogP contribution in [0.5, 0.6) is 5.75 Å². The Morgan fingerprint density at radius 2 is 1.79 bits per heavy atom. The van der Waals surface area contributed by atoms with Gasteiger partial charge in [-0.05, 0) is 29.7 Å². The van der Waals surface area contributed by atoms with Crippen LogP contribution in [-0.2, 0) is 11.3 Å². The van der Waals surface area contributed by atoms with Crippen LogP contribution < -0.4 is 10.1 Å². The maximum Gasteiger partial charge on any atom is 0.234 e. The highest BCUT2D eigenvalue weighted by atomic mass is 19.1. The molecule has 6 heteroatoms. The molecule has 0 aliphatic carbocycles. The molecule has 1 fully saturated rings. The standard InChI is InChI=1S/C23H30FN3O2/c1-18(19-6-4-3-5-7-19)15-25-23(28)17-27-12-10-26(11-13-27)16-20-14-21(24)8-9-22(20)29-2/h3-9,14,18H,10-13,15-17H2,1-2H3,(H,25,28)/t18-/m0/s1. The molecular weight excluding hydrogens is 369 g/mol. The van der Waals surface area contributed by atoms with Crippen LogP contribution in [0.3, 0.4) is 0 Å². The summed E-state index contributed by atoms with van der Waals surface area (Å²) in [4.78, 5) is 16.8. The van der Waals surface area contributed by atoms with Crippen molar-refractivity contribution in [3.63, 3.8) is 0 Å². The molecule has 1 aliphatic rings. The number of rotatable bonds is 8. The van der Waals surface area contributed by atoms with Gasteiger partial charge in [-0.15, -0.1) is 0 Å². The van der Waals surface area contributed by atoms with E-state index >= 15 is 0 Å². The van der Waals surface area contributed by atoms with Crippen molar-refractivity contribution in [2.45, 2.75) is 19.4 Å². The fourth-order valence-electron chi connectivity index (χ4n) is 3.64. The Balaban J connectivity index is 1.40. The number of nitrogens with one attached hydrogen (secondary N) is 1. The van der Waals surface area contributed by atoms with Crippen molar-refractivity contribution in [2.75, 3.05) is 46.4 Å². The molecule has 0 unspecified atom stereocenters. The van der Waals surface area contributed by atoms with Crippen LogP contribution in [0.15, 0.2) is 48.5 Å². The molecule has 0 saturated carbocycles. The highest BCUT2D eigenvalue weighted by Crippen LogP contribution is 2.21. The van der Waals surface area contributed by atoms with Gasteiger partial charge < -0.3 is 10.1 Å². The highest BCUT2D eigenvalue weighted by molar-refractivity contribution is 5.78. The minimum atomic E-state index is -0.249. The van der Waals surface area contributed by atoms with Gasteiger partial charge in [0.1, 0.15) is 11.6 Å². The Morgan fingerprint density at radius 1 is 1.10 bits per heavy atom. The molecule has 0 bridgehead atoms. The second kappa shape index (κ2) is 10.4. The van der Waals surface area contributed by atoms with Gasteiger partial charge in [-0.2, -0.15) is 0 Å². The summed E-state index contributed by atoms with van der Waals surface area (Å²) in [7, 11) is 1.60. The predicted octanol–water partition coefficient (Wildman–Crippen LogP) is 2.87. The summed E-state index contributed by atoms with van der Waals surface area (Å²) in [6.07, 6.45) is 0. The Morgan fingerprint density at radius 3 is 2.48 bits per heavy atom. The first-order chi connectivity index (χ1) is 14.0. The van der Waals surface area contributed by atoms with Crippen LogP contribution in [0.2, 0.25) is 0 Å². The predicted molar refractivity (Wildman–Crippen MR) is 113 cm³/mol. The quantitative estimate of drug-likeness (QED) is 0.741. The van der Waals surface area contributed by atoms with Crippen molar-refractivity contribution in [2.24, 2.45) is 0 Å². The van der Waals surface area contributed by atoms with E-state index in [1.165, 1.54) is 17.7 Å². The van der Waals surface area contributed by atoms with Gasteiger partial charge in [0.15, 0.2) is 0 Å². The fourth-order valence-corrected chi connectivity index (χ4v) is 3.64. The van der Waals surface area contributed by atoms with E-state index in [2.05, 4.69) is 34.2 Å². The van der Waals surface area contributed by atoms with Gasteiger partial charge in [0.25, 0.3) is 0 Å². The van der Waals surface area contributed by atoms with Crippen LogP contribution in [0.4, 0.5) is 4.39 Å². The lowest BCUT2D eigenvalue weighted by Gasteiger charge is -2.34. The number of halogens is 1. The van der Waals surface area contributed by atoms with E-state index in [1.54, 1.807) is 13.2 Å².